The summed E-state index contributed by atoms with van der Waals surface area (Å²) in [6.45, 7) is 5.38. The topological polar surface area (TPSA) is 80.1 Å². The third-order valence-corrected chi connectivity index (χ3v) is 6.29. The highest BCUT2D eigenvalue weighted by Gasteiger charge is 2.45. The number of hydrogen-bond donors (Lipinski definition) is 1. The van der Waals surface area contributed by atoms with Crippen LogP contribution < -0.4 is 10.2 Å². The number of fused-ring (bicyclic) bond motifs is 1. The summed E-state index contributed by atoms with van der Waals surface area (Å²) in [5.41, 5.74) is 0.400. The Morgan fingerprint density at radius 1 is 1.30 bits per heavy atom. The number of anilines is 2. The quantitative estimate of drug-likeness (QED) is 0.819. The van der Waals surface area contributed by atoms with Crippen LogP contribution in [0.2, 0.25) is 0 Å². The molecule has 0 bridgehead atoms. The van der Waals surface area contributed by atoms with Gasteiger partial charge in [0.2, 0.25) is 11.8 Å². The first-order chi connectivity index (χ1) is 12.8. The normalized spacial score (nSPS) is 19.4. The molecular formula is C19H23N5O2S. The Morgan fingerprint density at radius 3 is 2.70 bits per heavy atom. The van der Waals surface area contributed by atoms with Crippen molar-refractivity contribution in [2.45, 2.75) is 55.5 Å². The SMILES string of the molecule is C[C@H](Sc1nnc(C2CC2)n1C)C(=O)N1c2ccccc2NC(=O)C1(C)C. The molecule has 1 N–H and O–H groups in total. The second-order valence-corrected chi connectivity index (χ2v) is 8.95. The molecule has 1 aliphatic carbocycles. The zero-order chi connectivity index (χ0) is 19.3. The molecule has 1 aromatic heterocycles. The van der Waals surface area contributed by atoms with E-state index in [0.29, 0.717) is 11.6 Å². The van der Waals surface area contributed by atoms with Crippen LogP contribution in [0.1, 0.15) is 45.4 Å². The van der Waals surface area contributed by atoms with Crippen molar-refractivity contribution in [1.29, 1.82) is 0 Å². The first-order valence-corrected chi connectivity index (χ1v) is 9.99. The number of thioether (sulfide) groups is 1. The molecule has 4 rings (SSSR count). The van der Waals surface area contributed by atoms with Gasteiger partial charge in [-0.05, 0) is 45.7 Å². The van der Waals surface area contributed by atoms with E-state index in [0.717, 1.165) is 29.5 Å². The van der Waals surface area contributed by atoms with E-state index >= 15 is 0 Å². The monoisotopic (exact) mass is 385 g/mol. The predicted molar refractivity (Wildman–Crippen MR) is 105 cm³/mol. The number of hydrogen-bond acceptors (Lipinski definition) is 5. The molecule has 0 unspecified atom stereocenters. The average Bonchev–Trinajstić information content (AvgIpc) is 3.40. The van der Waals surface area contributed by atoms with Crippen LogP contribution >= 0.6 is 11.8 Å². The average molecular weight is 385 g/mol. The fourth-order valence-electron chi connectivity index (χ4n) is 3.36. The minimum absolute atomic E-state index is 0.122. The Kier molecular flexibility index (Phi) is 4.25. The number of nitrogens with zero attached hydrogens (tertiary/aromatic N) is 4. The summed E-state index contributed by atoms with van der Waals surface area (Å²) >= 11 is 1.38. The number of rotatable bonds is 4. The number of nitrogens with one attached hydrogen (secondary N) is 1. The molecule has 27 heavy (non-hydrogen) atoms. The molecule has 0 saturated heterocycles. The number of para-hydroxylation sites is 2. The molecule has 0 spiro atoms. The highest BCUT2D eigenvalue weighted by molar-refractivity contribution is 8.00. The van der Waals surface area contributed by atoms with Crippen molar-refractivity contribution in [3.63, 3.8) is 0 Å². The predicted octanol–water partition coefficient (Wildman–Crippen LogP) is 2.94. The van der Waals surface area contributed by atoms with Gasteiger partial charge in [-0.2, -0.15) is 0 Å². The summed E-state index contributed by atoms with van der Waals surface area (Å²) in [6.07, 6.45) is 2.30. The van der Waals surface area contributed by atoms with Crippen molar-refractivity contribution >= 4 is 35.0 Å². The molecule has 1 aromatic carbocycles. The summed E-state index contributed by atoms with van der Waals surface area (Å²) in [5.74, 6) is 1.17. The van der Waals surface area contributed by atoms with Crippen LogP contribution in [0, 0.1) is 0 Å². The second-order valence-electron chi connectivity index (χ2n) is 7.64. The van der Waals surface area contributed by atoms with Gasteiger partial charge in [-0.3, -0.25) is 14.5 Å². The van der Waals surface area contributed by atoms with Gasteiger partial charge in [-0.25, -0.2) is 0 Å². The highest BCUT2D eigenvalue weighted by Crippen LogP contribution is 2.41. The number of benzene rings is 1. The smallest absolute Gasteiger partial charge is 0.250 e. The number of aromatic nitrogens is 3. The molecule has 1 atom stereocenters. The summed E-state index contributed by atoms with van der Waals surface area (Å²) < 4.78 is 1.98. The van der Waals surface area contributed by atoms with Crippen LogP contribution in [0.5, 0.6) is 0 Å². The lowest BCUT2D eigenvalue weighted by Gasteiger charge is -2.43. The van der Waals surface area contributed by atoms with Crippen molar-refractivity contribution < 1.29 is 9.59 Å². The van der Waals surface area contributed by atoms with Gasteiger partial charge >= 0.3 is 0 Å². The maximum Gasteiger partial charge on any atom is 0.250 e. The van der Waals surface area contributed by atoms with E-state index in [1.807, 2.05) is 42.8 Å². The first-order valence-electron chi connectivity index (χ1n) is 9.11. The van der Waals surface area contributed by atoms with E-state index in [1.165, 1.54) is 11.8 Å². The van der Waals surface area contributed by atoms with Crippen molar-refractivity contribution in [3.05, 3.63) is 30.1 Å². The summed E-state index contributed by atoms with van der Waals surface area (Å²) in [7, 11) is 1.95. The molecule has 1 aliphatic heterocycles. The van der Waals surface area contributed by atoms with E-state index in [9.17, 15) is 9.59 Å². The van der Waals surface area contributed by atoms with Gasteiger partial charge in [0.05, 0.1) is 16.6 Å². The maximum absolute atomic E-state index is 13.4. The Morgan fingerprint density at radius 2 is 2.00 bits per heavy atom. The molecule has 8 heteroatoms. The lowest BCUT2D eigenvalue weighted by molar-refractivity contribution is -0.126. The van der Waals surface area contributed by atoms with E-state index in [-0.39, 0.29) is 11.8 Å². The van der Waals surface area contributed by atoms with Gasteiger partial charge in [0, 0.05) is 13.0 Å². The lowest BCUT2D eigenvalue weighted by Crippen LogP contribution is -2.60. The van der Waals surface area contributed by atoms with Crippen molar-refractivity contribution in [2.75, 3.05) is 10.2 Å². The van der Waals surface area contributed by atoms with Crippen LogP contribution in [-0.2, 0) is 16.6 Å². The molecule has 2 amide bonds. The largest absolute Gasteiger partial charge is 0.322 e. The Balaban J connectivity index is 1.62. The van der Waals surface area contributed by atoms with Gasteiger partial charge in [0.1, 0.15) is 11.4 Å². The van der Waals surface area contributed by atoms with Gasteiger partial charge in [0.15, 0.2) is 5.16 Å². The van der Waals surface area contributed by atoms with E-state index in [4.69, 9.17) is 0 Å². The summed E-state index contributed by atoms with van der Waals surface area (Å²) in [5, 5.41) is 11.8. The Bertz CT molecular complexity index is 919. The van der Waals surface area contributed by atoms with Gasteiger partial charge < -0.3 is 9.88 Å². The van der Waals surface area contributed by atoms with Crippen molar-refractivity contribution in [1.82, 2.24) is 14.8 Å². The zero-order valence-corrected chi connectivity index (χ0v) is 16.7. The van der Waals surface area contributed by atoms with Crippen LogP contribution in [-0.4, -0.2) is 37.4 Å². The zero-order valence-electron chi connectivity index (χ0n) is 15.9. The minimum Gasteiger partial charge on any atom is -0.322 e. The van der Waals surface area contributed by atoms with Crippen LogP contribution in [0.15, 0.2) is 29.4 Å². The number of amides is 2. The first kappa shape index (κ1) is 18.0. The molecule has 7 nitrogen and oxygen atoms in total. The highest BCUT2D eigenvalue weighted by atomic mass is 32.2. The summed E-state index contributed by atoms with van der Waals surface area (Å²) in [6, 6.07) is 7.39. The molecule has 0 radical (unpaired) electrons. The van der Waals surface area contributed by atoms with Gasteiger partial charge in [-0.1, -0.05) is 23.9 Å². The van der Waals surface area contributed by atoms with E-state index < -0.39 is 10.8 Å². The van der Waals surface area contributed by atoms with Crippen LogP contribution in [0.3, 0.4) is 0 Å². The standard InChI is InChI=1S/C19H23N5O2S/c1-11(27-18-22-21-15(23(18)4)12-9-10-12)16(25)24-14-8-6-5-7-13(14)20-17(26)19(24,2)3/h5-8,11-12H,9-10H2,1-4H3,(H,20,26)/t11-/m0/s1. The minimum atomic E-state index is -0.973. The van der Waals surface area contributed by atoms with E-state index in [2.05, 4.69) is 15.5 Å². The van der Waals surface area contributed by atoms with Crippen LogP contribution in [0.25, 0.3) is 0 Å². The van der Waals surface area contributed by atoms with Crippen molar-refractivity contribution in [3.8, 4) is 0 Å². The molecule has 1 fully saturated rings. The lowest BCUT2D eigenvalue weighted by atomic mass is 9.96. The van der Waals surface area contributed by atoms with Gasteiger partial charge in [0.25, 0.3) is 0 Å². The molecule has 2 heterocycles. The number of carbonyl (C=O) groups is 2. The molecule has 1 saturated carbocycles. The number of carbonyl (C=O) groups excluding carboxylic acids is 2. The molecule has 2 aromatic rings. The second kappa shape index (κ2) is 6.37. The molecular weight excluding hydrogens is 362 g/mol. The molecule has 142 valence electrons. The third kappa shape index (κ3) is 3.01. The maximum atomic E-state index is 13.4. The van der Waals surface area contributed by atoms with E-state index in [1.54, 1.807) is 18.7 Å². The van der Waals surface area contributed by atoms with Crippen LogP contribution in [0.4, 0.5) is 11.4 Å². The Labute approximate surface area is 162 Å². The fourth-order valence-corrected chi connectivity index (χ4v) is 4.22. The molecule has 2 aliphatic rings. The summed E-state index contributed by atoms with van der Waals surface area (Å²) in [4.78, 5) is 27.5. The Hall–Kier alpha value is -2.35. The third-order valence-electron chi connectivity index (χ3n) is 5.17. The van der Waals surface area contributed by atoms with Crippen molar-refractivity contribution in [2.24, 2.45) is 7.05 Å². The fraction of sp³-hybridized carbons (Fsp3) is 0.474. The van der Waals surface area contributed by atoms with Gasteiger partial charge in [-0.15, -0.1) is 10.2 Å².